The van der Waals surface area contributed by atoms with Crippen LogP contribution in [-0.4, -0.2) is 39.4 Å². The lowest BCUT2D eigenvalue weighted by Gasteiger charge is -2.10. The molecule has 0 aromatic heterocycles. The lowest BCUT2D eigenvalue weighted by Crippen LogP contribution is -2.26. The highest BCUT2D eigenvalue weighted by atomic mass is 35.5. The summed E-state index contributed by atoms with van der Waals surface area (Å²) in [5.74, 6) is 1.19. The van der Waals surface area contributed by atoms with Crippen LogP contribution in [0.25, 0.3) is 0 Å². The lowest BCUT2D eigenvalue weighted by atomic mass is 10.2. The Morgan fingerprint density at radius 3 is 2.42 bits per heavy atom. The van der Waals surface area contributed by atoms with Crippen LogP contribution in [0.3, 0.4) is 0 Å². The molecule has 0 saturated carbocycles. The van der Waals surface area contributed by atoms with Gasteiger partial charge in [-0.15, -0.1) is 0 Å². The predicted octanol–water partition coefficient (Wildman–Crippen LogP) is 3.17. The van der Waals surface area contributed by atoms with Gasteiger partial charge in [0.15, 0.2) is 0 Å². The Labute approximate surface area is 146 Å². The maximum absolute atomic E-state index is 12.0. The first-order valence-electron chi connectivity index (χ1n) is 7.57. The normalized spacial score (nSPS) is 10.2. The molecule has 1 amide bonds. The molecule has 0 aliphatic carbocycles. The second-order valence-electron chi connectivity index (χ2n) is 4.93. The van der Waals surface area contributed by atoms with Gasteiger partial charge < -0.3 is 19.5 Å². The van der Waals surface area contributed by atoms with Crippen molar-refractivity contribution in [3.05, 3.63) is 59.1 Å². The zero-order valence-electron chi connectivity index (χ0n) is 13.5. The van der Waals surface area contributed by atoms with Gasteiger partial charge in [-0.2, -0.15) is 0 Å². The molecule has 0 saturated heterocycles. The van der Waals surface area contributed by atoms with Crippen molar-refractivity contribution in [2.45, 2.75) is 0 Å². The van der Waals surface area contributed by atoms with Crippen LogP contribution in [-0.2, 0) is 4.74 Å². The Kier molecular flexibility index (Phi) is 7.39. The van der Waals surface area contributed by atoms with Crippen molar-refractivity contribution in [2.24, 2.45) is 0 Å². The molecular formula is C18H20ClNO4. The van der Waals surface area contributed by atoms with Crippen LogP contribution in [0, 0.1) is 0 Å². The largest absolute Gasteiger partial charge is 0.490 e. The molecule has 5 nitrogen and oxygen atoms in total. The van der Waals surface area contributed by atoms with E-state index >= 15 is 0 Å². The zero-order valence-corrected chi connectivity index (χ0v) is 14.2. The van der Waals surface area contributed by atoms with Gasteiger partial charge in [-0.25, -0.2) is 0 Å². The number of amides is 1. The first kappa shape index (κ1) is 18.1. The second kappa shape index (κ2) is 9.80. The number of carbonyl (C=O) groups excluding carboxylic acids is 1. The minimum absolute atomic E-state index is 0.157. The minimum Gasteiger partial charge on any atom is -0.490 e. The molecule has 0 atom stereocenters. The molecule has 2 aromatic carbocycles. The third-order valence-corrected chi connectivity index (χ3v) is 3.37. The summed E-state index contributed by atoms with van der Waals surface area (Å²) in [6.45, 7) is 1.71. The van der Waals surface area contributed by atoms with Crippen LogP contribution in [0.1, 0.15) is 10.4 Å². The fraction of sp³-hybridized carbons (Fsp3) is 0.278. The van der Waals surface area contributed by atoms with Crippen LogP contribution in [0.4, 0.5) is 0 Å². The number of hydrogen-bond acceptors (Lipinski definition) is 4. The predicted molar refractivity (Wildman–Crippen MR) is 93.1 cm³/mol. The first-order valence-corrected chi connectivity index (χ1v) is 7.95. The standard InChI is InChI=1S/C18H20ClNO4/c1-22-10-9-20-18(21)14-3-2-4-17(13-14)24-12-11-23-16-7-5-15(19)6-8-16/h2-8,13H,9-12H2,1H3,(H,20,21). The van der Waals surface area contributed by atoms with Crippen molar-refractivity contribution in [1.82, 2.24) is 5.32 Å². The van der Waals surface area contributed by atoms with Gasteiger partial charge in [0.25, 0.3) is 5.91 Å². The van der Waals surface area contributed by atoms with Crippen LogP contribution >= 0.6 is 11.6 Å². The highest BCUT2D eigenvalue weighted by molar-refractivity contribution is 6.30. The molecule has 2 rings (SSSR count). The monoisotopic (exact) mass is 349 g/mol. The zero-order chi connectivity index (χ0) is 17.2. The minimum atomic E-state index is -0.157. The Hall–Kier alpha value is -2.24. The molecule has 0 aliphatic heterocycles. The number of hydrogen-bond donors (Lipinski definition) is 1. The topological polar surface area (TPSA) is 56.8 Å². The van der Waals surface area contributed by atoms with E-state index in [2.05, 4.69) is 5.32 Å². The fourth-order valence-electron chi connectivity index (χ4n) is 1.95. The number of ether oxygens (including phenoxy) is 3. The summed E-state index contributed by atoms with van der Waals surface area (Å²) in [5.41, 5.74) is 0.544. The average Bonchev–Trinajstić information content (AvgIpc) is 2.60. The molecule has 6 heteroatoms. The van der Waals surface area contributed by atoms with E-state index in [0.717, 1.165) is 5.75 Å². The van der Waals surface area contributed by atoms with E-state index < -0.39 is 0 Å². The van der Waals surface area contributed by atoms with E-state index in [1.165, 1.54) is 0 Å². The van der Waals surface area contributed by atoms with E-state index in [4.69, 9.17) is 25.8 Å². The van der Waals surface area contributed by atoms with E-state index in [1.54, 1.807) is 55.6 Å². The van der Waals surface area contributed by atoms with Gasteiger partial charge in [0.05, 0.1) is 6.61 Å². The summed E-state index contributed by atoms with van der Waals surface area (Å²) in [6, 6.07) is 14.1. The summed E-state index contributed by atoms with van der Waals surface area (Å²) in [7, 11) is 1.59. The van der Waals surface area contributed by atoms with E-state index in [1.807, 2.05) is 0 Å². The van der Waals surface area contributed by atoms with Gasteiger partial charge >= 0.3 is 0 Å². The van der Waals surface area contributed by atoms with Crippen molar-refractivity contribution in [3.8, 4) is 11.5 Å². The maximum atomic E-state index is 12.0. The molecular weight excluding hydrogens is 330 g/mol. The van der Waals surface area contributed by atoms with E-state index in [0.29, 0.717) is 42.7 Å². The molecule has 0 radical (unpaired) electrons. The van der Waals surface area contributed by atoms with Gasteiger partial charge in [-0.1, -0.05) is 17.7 Å². The molecule has 0 unspecified atom stereocenters. The highest BCUT2D eigenvalue weighted by Gasteiger charge is 2.06. The summed E-state index contributed by atoms with van der Waals surface area (Å²) in [4.78, 5) is 12.0. The summed E-state index contributed by atoms with van der Waals surface area (Å²) < 4.78 is 16.1. The van der Waals surface area contributed by atoms with Crippen LogP contribution in [0.5, 0.6) is 11.5 Å². The molecule has 0 aliphatic rings. The van der Waals surface area contributed by atoms with Gasteiger partial charge in [0.2, 0.25) is 0 Å². The van der Waals surface area contributed by atoms with Gasteiger partial charge in [-0.3, -0.25) is 4.79 Å². The Bertz CT molecular complexity index is 646. The Morgan fingerprint density at radius 1 is 1.00 bits per heavy atom. The number of methoxy groups -OCH3 is 1. The van der Waals surface area contributed by atoms with Crippen LogP contribution in [0.15, 0.2) is 48.5 Å². The van der Waals surface area contributed by atoms with Crippen molar-refractivity contribution in [3.63, 3.8) is 0 Å². The molecule has 1 N–H and O–H groups in total. The lowest BCUT2D eigenvalue weighted by molar-refractivity contribution is 0.0936. The molecule has 128 valence electrons. The number of benzene rings is 2. The molecule has 0 spiro atoms. The summed E-state index contributed by atoms with van der Waals surface area (Å²) in [5, 5.41) is 3.43. The SMILES string of the molecule is COCCNC(=O)c1cccc(OCCOc2ccc(Cl)cc2)c1. The quantitative estimate of drug-likeness (QED) is 0.706. The molecule has 0 fully saturated rings. The van der Waals surface area contributed by atoms with Crippen molar-refractivity contribution < 1.29 is 19.0 Å². The van der Waals surface area contributed by atoms with E-state index in [-0.39, 0.29) is 5.91 Å². The number of rotatable bonds is 9. The molecule has 2 aromatic rings. The van der Waals surface area contributed by atoms with E-state index in [9.17, 15) is 4.79 Å². The Morgan fingerprint density at radius 2 is 1.71 bits per heavy atom. The fourth-order valence-corrected chi connectivity index (χ4v) is 2.07. The summed E-state index contributed by atoms with van der Waals surface area (Å²) in [6.07, 6.45) is 0. The second-order valence-corrected chi connectivity index (χ2v) is 5.36. The number of halogens is 1. The van der Waals surface area contributed by atoms with Gasteiger partial charge in [0.1, 0.15) is 24.7 Å². The Balaban J connectivity index is 1.77. The van der Waals surface area contributed by atoms with Crippen molar-refractivity contribution in [2.75, 3.05) is 33.5 Å². The third-order valence-electron chi connectivity index (χ3n) is 3.12. The average molecular weight is 350 g/mol. The van der Waals surface area contributed by atoms with Crippen LogP contribution in [0.2, 0.25) is 5.02 Å². The highest BCUT2D eigenvalue weighted by Crippen LogP contribution is 2.16. The molecule has 24 heavy (non-hydrogen) atoms. The first-order chi connectivity index (χ1) is 11.7. The maximum Gasteiger partial charge on any atom is 0.251 e. The number of nitrogens with one attached hydrogen (secondary N) is 1. The number of carbonyl (C=O) groups is 1. The third kappa shape index (κ3) is 6.10. The van der Waals surface area contributed by atoms with Gasteiger partial charge in [-0.05, 0) is 42.5 Å². The van der Waals surface area contributed by atoms with Crippen molar-refractivity contribution in [1.29, 1.82) is 0 Å². The smallest absolute Gasteiger partial charge is 0.251 e. The van der Waals surface area contributed by atoms with Crippen molar-refractivity contribution >= 4 is 17.5 Å². The summed E-state index contributed by atoms with van der Waals surface area (Å²) >= 11 is 5.81. The molecule has 0 heterocycles. The molecule has 0 bridgehead atoms. The van der Waals surface area contributed by atoms with Crippen LogP contribution < -0.4 is 14.8 Å². The van der Waals surface area contributed by atoms with Gasteiger partial charge in [0, 0.05) is 24.2 Å².